The quantitative estimate of drug-likeness (QED) is 0.588. The van der Waals surface area contributed by atoms with Gasteiger partial charge >= 0.3 is 12.1 Å². The van der Waals surface area contributed by atoms with Crippen molar-refractivity contribution in [3.05, 3.63) is 59.7 Å². The molecule has 1 atom stereocenters. The van der Waals surface area contributed by atoms with Gasteiger partial charge in [-0.25, -0.2) is 4.79 Å². The van der Waals surface area contributed by atoms with Crippen molar-refractivity contribution in [2.75, 3.05) is 25.2 Å². The number of carboxylic acid groups (broad SMARTS) is 1. The van der Waals surface area contributed by atoms with E-state index in [0.29, 0.717) is 0 Å². The average molecular weight is 483 g/mol. The van der Waals surface area contributed by atoms with Crippen LogP contribution in [0.2, 0.25) is 0 Å². The zero-order valence-corrected chi connectivity index (χ0v) is 20.1. The van der Waals surface area contributed by atoms with Crippen LogP contribution in [0, 0.1) is 0 Å². The first kappa shape index (κ1) is 24.1. The Morgan fingerprint density at radius 3 is 2.24 bits per heavy atom. The van der Waals surface area contributed by atoms with Gasteiger partial charge in [0.25, 0.3) is 0 Å². The molecule has 0 aromatic heterocycles. The number of carboxylic acids is 1. The van der Waals surface area contributed by atoms with E-state index in [9.17, 15) is 14.4 Å². The standard InChI is InChI=1S/C26H30N2O5S/c1-28(17-12-14-34-15-13-17)25(31)23(10-11-24(29)30)27-26(32)33-16-22-20-8-4-2-6-18(20)19-7-3-5-9-21(19)22/h2-9,17,22-23H,10-16H2,1H3,(H,27,32)(H,29,30). The SMILES string of the molecule is CN(C(=O)C(CCC(=O)O)NC(=O)OCC1c2ccccc2-c2ccccc21)C1CCSCC1. The maximum atomic E-state index is 13.1. The van der Waals surface area contributed by atoms with Crippen LogP contribution in [-0.4, -0.2) is 65.2 Å². The summed E-state index contributed by atoms with van der Waals surface area (Å²) in [5.74, 6) is 0.605. The Morgan fingerprint density at radius 1 is 1.06 bits per heavy atom. The minimum absolute atomic E-state index is 0.0180. The maximum Gasteiger partial charge on any atom is 0.407 e. The van der Waals surface area contributed by atoms with Gasteiger partial charge < -0.3 is 20.1 Å². The zero-order chi connectivity index (χ0) is 24.1. The lowest BCUT2D eigenvalue weighted by Crippen LogP contribution is -2.51. The Hall–Kier alpha value is -3.00. The number of ether oxygens (including phenoxy) is 1. The molecule has 1 aliphatic heterocycles. The molecule has 0 radical (unpaired) electrons. The van der Waals surface area contributed by atoms with E-state index in [2.05, 4.69) is 17.4 Å². The number of hydrogen-bond donors (Lipinski definition) is 2. The predicted octanol–water partition coefficient (Wildman–Crippen LogP) is 4.11. The zero-order valence-electron chi connectivity index (χ0n) is 19.2. The number of nitrogens with zero attached hydrogens (tertiary/aromatic N) is 1. The number of carbonyl (C=O) groups excluding carboxylic acids is 2. The van der Waals surface area contributed by atoms with Crippen LogP contribution in [0.15, 0.2) is 48.5 Å². The van der Waals surface area contributed by atoms with Gasteiger partial charge in [0.05, 0.1) is 0 Å². The Balaban J connectivity index is 1.42. The maximum absolute atomic E-state index is 13.1. The molecule has 1 aliphatic carbocycles. The Morgan fingerprint density at radius 2 is 1.65 bits per heavy atom. The molecule has 2 amide bonds. The number of benzene rings is 2. The number of hydrogen-bond acceptors (Lipinski definition) is 5. The highest BCUT2D eigenvalue weighted by molar-refractivity contribution is 7.99. The van der Waals surface area contributed by atoms with E-state index in [1.807, 2.05) is 48.2 Å². The van der Waals surface area contributed by atoms with Gasteiger partial charge in [-0.1, -0.05) is 48.5 Å². The van der Waals surface area contributed by atoms with Crippen molar-refractivity contribution >= 4 is 29.7 Å². The number of amides is 2. The molecule has 0 spiro atoms. The lowest BCUT2D eigenvalue weighted by molar-refractivity contribution is -0.138. The van der Waals surface area contributed by atoms with Gasteiger partial charge in [-0.2, -0.15) is 11.8 Å². The first-order valence-corrected chi connectivity index (χ1v) is 12.8. The van der Waals surface area contributed by atoms with Crippen LogP contribution in [0.5, 0.6) is 0 Å². The fourth-order valence-corrected chi connectivity index (χ4v) is 5.89. The lowest BCUT2D eigenvalue weighted by atomic mass is 9.98. The van der Waals surface area contributed by atoms with Crippen LogP contribution < -0.4 is 5.32 Å². The molecule has 7 nitrogen and oxygen atoms in total. The normalized spacial score (nSPS) is 16.3. The topological polar surface area (TPSA) is 95.9 Å². The fourth-order valence-electron chi connectivity index (χ4n) is 4.81. The summed E-state index contributed by atoms with van der Waals surface area (Å²) in [6, 6.07) is 15.3. The molecule has 1 fully saturated rings. The molecular formula is C26H30N2O5S. The second-order valence-corrected chi connectivity index (χ2v) is 9.97. The summed E-state index contributed by atoms with van der Waals surface area (Å²) >= 11 is 1.86. The van der Waals surface area contributed by atoms with Crippen LogP contribution in [0.25, 0.3) is 11.1 Å². The van der Waals surface area contributed by atoms with Crippen LogP contribution in [-0.2, 0) is 14.3 Å². The summed E-state index contributed by atoms with van der Waals surface area (Å²) in [4.78, 5) is 38.7. The Kier molecular flexibility index (Phi) is 7.77. The molecule has 2 aromatic carbocycles. The van der Waals surface area contributed by atoms with Crippen molar-refractivity contribution in [2.45, 2.75) is 43.7 Å². The van der Waals surface area contributed by atoms with Crippen molar-refractivity contribution in [3.8, 4) is 11.1 Å². The van der Waals surface area contributed by atoms with Gasteiger partial charge in [-0.05, 0) is 53.0 Å². The number of carbonyl (C=O) groups is 3. The van der Waals surface area contributed by atoms with Gasteiger partial charge in [0.2, 0.25) is 5.91 Å². The number of aliphatic carboxylic acids is 1. The van der Waals surface area contributed by atoms with E-state index >= 15 is 0 Å². The predicted molar refractivity (Wildman–Crippen MR) is 132 cm³/mol. The molecule has 34 heavy (non-hydrogen) atoms. The molecule has 0 bridgehead atoms. The number of likely N-dealkylation sites (N-methyl/N-ethyl adjacent to an activating group) is 1. The monoisotopic (exact) mass is 482 g/mol. The van der Waals surface area contributed by atoms with E-state index < -0.39 is 18.1 Å². The van der Waals surface area contributed by atoms with Gasteiger partial charge in [0.15, 0.2) is 0 Å². The van der Waals surface area contributed by atoms with Crippen LogP contribution in [0.1, 0.15) is 42.7 Å². The molecular weight excluding hydrogens is 452 g/mol. The number of thioether (sulfide) groups is 1. The molecule has 4 rings (SSSR count). The summed E-state index contributed by atoms with van der Waals surface area (Å²) < 4.78 is 5.58. The molecule has 2 aliphatic rings. The number of rotatable bonds is 8. The van der Waals surface area contributed by atoms with Gasteiger partial charge in [-0.3, -0.25) is 9.59 Å². The molecule has 2 aromatic rings. The number of alkyl carbamates (subject to hydrolysis) is 1. The highest BCUT2D eigenvalue weighted by Gasteiger charge is 2.32. The highest BCUT2D eigenvalue weighted by atomic mass is 32.2. The van der Waals surface area contributed by atoms with Crippen molar-refractivity contribution < 1.29 is 24.2 Å². The third-order valence-corrected chi connectivity index (χ3v) is 7.72. The summed E-state index contributed by atoms with van der Waals surface area (Å²) in [6.07, 6.45) is 0.879. The van der Waals surface area contributed by atoms with Gasteiger partial charge in [0, 0.05) is 25.4 Å². The first-order valence-electron chi connectivity index (χ1n) is 11.6. The molecule has 1 saturated heterocycles. The summed E-state index contributed by atoms with van der Waals surface area (Å²) in [7, 11) is 1.73. The molecule has 8 heteroatoms. The molecule has 2 N–H and O–H groups in total. The average Bonchev–Trinajstić information content (AvgIpc) is 3.18. The van der Waals surface area contributed by atoms with Crippen molar-refractivity contribution in [2.24, 2.45) is 0 Å². The largest absolute Gasteiger partial charge is 0.481 e. The van der Waals surface area contributed by atoms with Crippen molar-refractivity contribution in [1.29, 1.82) is 0 Å². The minimum atomic E-state index is -1.01. The number of fused-ring (bicyclic) bond motifs is 3. The second-order valence-electron chi connectivity index (χ2n) is 8.75. The van der Waals surface area contributed by atoms with E-state index in [0.717, 1.165) is 46.6 Å². The lowest BCUT2D eigenvalue weighted by Gasteiger charge is -2.33. The van der Waals surface area contributed by atoms with Gasteiger partial charge in [-0.15, -0.1) is 0 Å². The Bertz CT molecular complexity index is 1010. The smallest absolute Gasteiger partial charge is 0.407 e. The number of nitrogens with one attached hydrogen (secondary N) is 1. The third-order valence-electron chi connectivity index (χ3n) is 6.67. The summed E-state index contributed by atoms with van der Waals surface area (Å²) in [5.41, 5.74) is 4.47. The van der Waals surface area contributed by atoms with Crippen LogP contribution >= 0.6 is 11.8 Å². The molecule has 1 unspecified atom stereocenters. The minimum Gasteiger partial charge on any atom is -0.481 e. The van der Waals surface area contributed by atoms with E-state index in [1.54, 1.807) is 11.9 Å². The fraction of sp³-hybridized carbons (Fsp3) is 0.423. The van der Waals surface area contributed by atoms with E-state index in [-0.39, 0.29) is 37.3 Å². The third kappa shape index (κ3) is 5.38. The molecule has 1 heterocycles. The Labute approximate surface area is 203 Å². The van der Waals surface area contributed by atoms with Crippen LogP contribution in [0.3, 0.4) is 0 Å². The molecule has 0 saturated carbocycles. The van der Waals surface area contributed by atoms with E-state index in [1.165, 1.54) is 0 Å². The van der Waals surface area contributed by atoms with Crippen molar-refractivity contribution in [1.82, 2.24) is 10.2 Å². The van der Waals surface area contributed by atoms with Gasteiger partial charge in [0.1, 0.15) is 12.6 Å². The van der Waals surface area contributed by atoms with Crippen molar-refractivity contribution in [3.63, 3.8) is 0 Å². The summed E-state index contributed by atoms with van der Waals surface area (Å²) in [6.45, 7) is 0.134. The molecule has 180 valence electrons. The van der Waals surface area contributed by atoms with Crippen LogP contribution in [0.4, 0.5) is 4.79 Å². The highest BCUT2D eigenvalue weighted by Crippen LogP contribution is 2.44. The van der Waals surface area contributed by atoms with E-state index in [4.69, 9.17) is 9.84 Å². The summed E-state index contributed by atoms with van der Waals surface area (Å²) in [5, 5.41) is 11.8. The first-order chi connectivity index (χ1) is 16.5. The second kappa shape index (κ2) is 11.0.